The van der Waals surface area contributed by atoms with E-state index in [1.54, 1.807) is 43.9 Å². The predicted octanol–water partition coefficient (Wildman–Crippen LogP) is 1.70. The van der Waals surface area contributed by atoms with E-state index in [-0.39, 0.29) is 23.8 Å². The monoisotopic (exact) mass is 415 g/mol. The Hall–Kier alpha value is -2.01. The second kappa shape index (κ2) is 7.93. The number of benzene rings is 1. The lowest BCUT2D eigenvalue weighted by atomic mass is 10.1. The normalized spacial score (nSPS) is 18.1. The molecule has 1 aliphatic rings. The van der Waals surface area contributed by atoms with Gasteiger partial charge >= 0.3 is 0 Å². The summed E-state index contributed by atoms with van der Waals surface area (Å²) in [5, 5.41) is 14.6. The number of hydrogen-bond donors (Lipinski definition) is 1. The van der Waals surface area contributed by atoms with Crippen LogP contribution in [0.5, 0.6) is 0 Å². The molecule has 2 aromatic rings. The molecular weight excluding hydrogens is 394 g/mol. The van der Waals surface area contributed by atoms with Gasteiger partial charge in [-0.2, -0.15) is 4.31 Å². The van der Waals surface area contributed by atoms with Gasteiger partial charge in [-0.3, -0.25) is 10.1 Å². The Morgan fingerprint density at radius 1 is 1.33 bits per heavy atom. The third-order valence-electron chi connectivity index (χ3n) is 4.77. The molecule has 148 valence electrons. The fourth-order valence-electron chi connectivity index (χ4n) is 3.25. The Labute approximate surface area is 164 Å². The fraction of sp³-hybridized carbons (Fsp3) is 0.438. The van der Waals surface area contributed by atoms with Gasteiger partial charge in [0.1, 0.15) is 5.82 Å². The summed E-state index contributed by atoms with van der Waals surface area (Å²) in [6, 6.07) is 2.29. The first kappa shape index (κ1) is 21.3. The minimum Gasteiger partial charge on any atom is -0.337 e. The van der Waals surface area contributed by atoms with Gasteiger partial charge in [0.2, 0.25) is 0 Å². The van der Waals surface area contributed by atoms with Crippen molar-refractivity contribution in [3.63, 3.8) is 0 Å². The summed E-state index contributed by atoms with van der Waals surface area (Å²) in [5.41, 5.74) is 0.694. The number of piperazine rings is 1. The van der Waals surface area contributed by atoms with Crippen LogP contribution in [0.2, 0.25) is 0 Å². The van der Waals surface area contributed by atoms with Crippen molar-refractivity contribution in [2.75, 3.05) is 19.6 Å². The summed E-state index contributed by atoms with van der Waals surface area (Å²) in [6.45, 7) is 4.42. The molecule has 1 N–H and O–H groups in total. The maximum atomic E-state index is 13.5. The molecule has 1 aromatic carbocycles. The van der Waals surface area contributed by atoms with Crippen molar-refractivity contribution in [3.05, 3.63) is 51.6 Å². The van der Waals surface area contributed by atoms with Crippen molar-refractivity contribution >= 4 is 28.1 Å². The van der Waals surface area contributed by atoms with Crippen molar-refractivity contribution in [3.8, 4) is 0 Å². The number of imidazole rings is 1. The Bertz CT molecular complexity index is 960. The van der Waals surface area contributed by atoms with E-state index < -0.39 is 26.7 Å². The van der Waals surface area contributed by atoms with E-state index in [0.29, 0.717) is 30.0 Å². The zero-order valence-corrected chi connectivity index (χ0v) is 16.9. The molecule has 1 fully saturated rings. The number of nitro benzene ring substituents is 1. The van der Waals surface area contributed by atoms with Crippen molar-refractivity contribution in [1.29, 1.82) is 0 Å². The first-order chi connectivity index (χ1) is 12.2. The van der Waals surface area contributed by atoms with Crippen LogP contribution in [0.4, 0.5) is 5.69 Å². The molecule has 0 bridgehead atoms. The van der Waals surface area contributed by atoms with Gasteiger partial charge in [-0.25, -0.2) is 13.4 Å². The van der Waals surface area contributed by atoms with Gasteiger partial charge in [0.05, 0.1) is 11.0 Å². The second-order valence-corrected chi connectivity index (χ2v) is 8.17. The summed E-state index contributed by atoms with van der Waals surface area (Å²) in [7, 11) is -2.29. The molecular formula is C16H22ClN5O4S. The lowest BCUT2D eigenvalue weighted by Crippen LogP contribution is -2.49. The Balaban J connectivity index is 0.00000261. The van der Waals surface area contributed by atoms with Gasteiger partial charge in [-0.1, -0.05) is 6.07 Å². The molecule has 2 heterocycles. The van der Waals surface area contributed by atoms with E-state index in [2.05, 4.69) is 10.3 Å². The Kier molecular flexibility index (Phi) is 6.25. The van der Waals surface area contributed by atoms with Crippen LogP contribution in [0.25, 0.3) is 0 Å². The maximum absolute atomic E-state index is 13.5. The predicted molar refractivity (Wildman–Crippen MR) is 103 cm³/mol. The van der Waals surface area contributed by atoms with E-state index in [9.17, 15) is 18.5 Å². The quantitative estimate of drug-likeness (QED) is 0.601. The number of rotatable bonds is 4. The standard InChI is InChI=1S/C16H21N5O4S.ClH/c1-11-4-5-13(21(22)23)15(12(11)2)26(24,25)20-9-6-17-10-14(20)16-18-7-8-19(16)3;/h4-5,7-8,14,17H,6,9-10H2,1-3H3;1H. The first-order valence-corrected chi connectivity index (χ1v) is 9.63. The minimum atomic E-state index is -4.08. The van der Waals surface area contributed by atoms with Crippen LogP contribution in [0.3, 0.4) is 0 Å². The molecule has 0 amide bonds. The van der Waals surface area contributed by atoms with Crippen molar-refractivity contribution in [2.45, 2.75) is 24.8 Å². The molecule has 1 atom stereocenters. The van der Waals surface area contributed by atoms with Crippen LogP contribution in [-0.4, -0.2) is 46.8 Å². The molecule has 27 heavy (non-hydrogen) atoms. The molecule has 3 rings (SSSR count). The van der Waals surface area contributed by atoms with Crippen LogP contribution >= 0.6 is 12.4 Å². The Morgan fingerprint density at radius 3 is 2.63 bits per heavy atom. The molecule has 0 radical (unpaired) electrons. The summed E-state index contributed by atoms with van der Waals surface area (Å²) < 4.78 is 30.0. The van der Waals surface area contributed by atoms with E-state index in [4.69, 9.17) is 0 Å². The Morgan fingerprint density at radius 2 is 2.04 bits per heavy atom. The van der Waals surface area contributed by atoms with Crippen LogP contribution in [0, 0.1) is 24.0 Å². The SMILES string of the molecule is Cc1ccc([N+](=O)[O-])c(S(=O)(=O)N2CCNCC2c2nccn2C)c1C.Cl. The highest BCUT2D eigenvalue weighted by molar-refractivity contribution is 7.89. The molecule has 1 aliphatic heterocycles. The molecule has 1 unspecified atom stereocenters. The highest BCUT2D eigenvalue weighted by Gasteiger charge is 2.40. The molecule has 1 saturated heterocycles. The molecule has 0 spiro atoms. The molecule has 11 heteroatoms. The molecule has 1 aromatic heterocycles. The number of halogens is 1. The summed E-state index contributed by atoms with van der Waals surface area (Å²) in [5.74, 6) is 0.591. The van der Waals surface area contributed by atoms with Gasteiger partial charge in [0, 0.05) is 45.1 Å². The molecule has 0 saturated carbocycles. The van der Waals surface area contributed by atoms with E-state index in [0.717, 1.165) is 0 Å². The van der Waals surface area contributed by atoms with Crippen LogP contribution in [0.15, 0.2) is 29.4 Å². The van der Waals surface area contributed by atoms with E-state index >= 15 is 0 Å². The van der Waals surface area contributed by atoms with Gasteiger partial charge in [0.25, 0.3) is 15.7 Å². The number of nitrogens with zero attached hydrogens (tertiary/aromatic N) is 4. The largest absolute Gasteiger partial charge is 0.337 e. The van der Waals surface area contributed by atoms with Crippen LogP contribution in [-0.2, 0) is 17.1 Å². The minimum absolute atomic E-state index is 0. The average molecular weight is 416 g/mol. The summed E-state index contributed by atoms with van der Waals surface area (Å²) in [4.78, 5) is 14.9. The zero-order valence-electron chi connectivity index (χ0n) is 15.2. The van der Waals surface area contributed by atoms with Crippen molar-refractivity contribution in [2.24, 2.45) is 7.05 Å². The number of aryl methyl sites for hydroxylation is 2. The lowest BCUT2D eigenvalue weighted by Gasteiger charge is -2.34. The number of hydrogen-bond acceptors (Lipinski definition) is 6. The molecule has 9 nitrogen and oxygen atoms in total. The third kappa shape index (κ3) is 3.70. The smallest absolute Gasteiger partial charge is 0.289 e. The third-order valence-corrected chi connectivity index (χ3v) is 6.86. The van der Waals surface area contributed by atoms with Gasteiger partial charge in [0.15, 0.2) is 4.90 Å². The van der Waals surface area contributed by atoms with Crippen molar-refractivity contribution < 1.29 is 13.3 Å². The first-order valence-electron chi connectivity index (χ1n) is 8.19. The summed E-state index contributed by atoms with van der Waals surface area (Å²) >= 11 is 0. The number of nitro groups is 1. The average Bonchev–Trinajstić information content (AvgIpc) is 3.02. The van der Waals surface area contributed by atoms with E-state index in [1.807, 2.05) is 0 Å². The van der Waals surface area contributed by atoms with Crippen LogP contribution in [0.1, 0.15) is 23.0 Å². The van der Waals surface area contributed by atoms with Gasteiger partial charge in [-0.05, 0) is 25.0 Å². The topological polar surface area (TPSA) is 110 Å². The van der Waals surface area contributed by atoms with Gasteiger partial charge < -0.3 is 9.88 Å². The number of nitrogens with one attached hydrogen (secondary N) is 1. The van der Waals surface area contributed by atoms with Crippen molar-refractivity contribution in [1.82, 2.24) is 19.2 Å². The highest BCUT2D eigenvalue weighted by Crippen LogP contribution is 2.35. The zero-order chi connectivity index (χ0) is 19.1. The maximum Gasteiger partial charge on any atom is 0.289 e. The number of aromatic nitrogens is 2. The van der Waals surface area contributed by atoms with Crippen LogP contribution < -0.4 is 5.32 Å². The lowest BCUT2D eigenvalue weighted by molar-refractivity contribution is -0.388. The van der Waals surface area contributed by atoms with Gasteiger partial charge in [-0.15, -0.1) is 12.4 Å². The summed E-state index contributed by atoms with van der Waals surface area (Å²) in [6.07, 6.45) is 3.35. The second-order valence-electron chi connectivity index (χ2n) is 6.34. The number of sulfonamides is 1. The molecule has 0 aliphatic carbocycles. The van der Waals surface area contributed by atoms with E-state index in [1.165, 1.54) is 10.4 Å². The fourth-order valence-corrected chi connectivity index (χ4v) is 5.28. The highest BCUT2D eigenvalue weighted by atomic mass is 35.5.